The molecule has 0 fully saturated rings. The number of nitrogens with one attached hydrogen (secondary N) is 1. The summed E-state index contributed by atoms with van der Waals surface area (Å²) in [5.41, 5.74) is 0.371. The number of ether oxygens (including phenoxy) is 2. The predicted molar refractivity (Wildman–Crippen MR) is 108 cm³/mol. The topological polar surface area (TPSA) is 160 Å². The van der Waals surface area contributed by atoms with E-state index in [0.717, 1.165) is 16.2 Å². The number of thiophene rings is 1. The van der Waals surface area contributed by atoms with E-state index >= 15 is 0 Å². The summed E-state index contributed by atoms with van der Waals surface area (Å²) in [6.07, 6.45) is -0.646. The van der Waals surface area contributed by atoms with Gasteiger partial charge < -0.3 is 25.0 Å². The molecule has 12 heteroatoms. The van der Waals surface area contributed by atoms with Crippen LogP contribution in [-0.4, -0.2) is 64.0 Å². The first-order valence-electron chi connectivity index (χ1n) is 9.36. The second-order valence-electron chi connectivity index (χ2n) is 7.00. The number of hydrogen-bond donors (Lipinski definition) is 3. The molecule has 1 unspecified atom stereocenters. The quantitative estimate of drug-likeness (QED) is 0.446. The molecule has 1 aromatic carbocycles. The van der Waals surface area contributed by atoms with Crippen LogP contribution in [0.1, 0.15) is 31.2 Å². The highest BCUT2D eigenvalue weighted by molar-refractivity contribution is 7.17. The van der Waals surface area contributed by atoms with Crippen LogP contribution in [0.2, 0.25) is 0 Å². The lowest BCUT2D eigenvalue weighted by molar-refractivity contribution is -0.147. The lowest BCUT2D eigenvalue weighted by Gasteiger charge is -2.28. The number of rotatable bonds is 4. The minimum atomic E-state index is -1.75. The third-order valence-corrected chi connectivity index (χ3v) is 6.13. The highest BCUT2D eigenvalue weighted by Crippen LogP contribution is 2.38. The van der Waals surface area contributed by atoms with E-state index in [1.54, 1.807) is 24.3 Å². The van der Waals surface area contributed by atoms with Crippen molar-refractivity contribution in [1.29, 1.82) is 0 Å². The molecule has 3 heterocycles. The summed E-state index contributed by atoms with van der Waals surface area (Å²) in [6, 6.07) is 6.46. The van der Waals surface area contributed by atoms with Crippen molar-refractivity contribution in [2.75, 3.05) is 18.5 Å². The molecule has 0 spiro atoms. The van der Waals surface area contributed by atoms with E-state index in [1.807, 2.05) is 0 Å². The number of carbonyl (C=O) groups is 5. The number of aliphatic carboxylic acids is 1. The summed E-state index contributed by atoms with van der Waals surface area (Å²) in [7, 11) is 0. The zero-order chi connectivity index (χ0) is 23.0. The monoisotopic (exact) mass is 460 g/mol. The Morgan fingerprint density at radius 1 is 1.16 bits per heavy atom. The fourth-order valence-corrected chi connectivity index (χ4v) is 4.68. The van der Waals surface area contributed by atoms with Crippen molar-refractivity contribution >= 4 is 46.0 Å². The first-order chi connectivity index (χ1) is 15.3. The number of aromatic carboxylic acids is 1. The van der Waals surface area contributed by atoms with Crippen LogP contribution in [0.15, 0.2) is 24.3 Å². The maximum absolute atomic E-state index is 12.9. The van der Waals surface area contributed by atoms with E-state index in [-0.39, 0.29) is 42.3 Å². The van der Waals surface area contributed by atoms with Gasteiger partial charge in [0.15, 0.2) is 6.61 Å². The molecule has 32 heavy (non-hydrogen) atoms. The van der Waals surface area contributed by atoms with Crippen LogP contribution in [0.4, 0.5) is 5.00 Å². The third-order valence-electron chi connectivity index (χ3n) is 5.01. The van der Waals surface area contributed by atoms with E-state index < -0.39 is 35.8 Å². The number of carboxylic acids is 2. The fraction of sp³-hybridized carbons (Fsp3) is 0.250. The highest BCUT2D eigenvalue weighted by atomic mass is 32.1. The molecule has 0 saturated heterocycles. The average molecular weight is 460 g/mol. The Balaban J connectivity index is 1.58. The SMILES string of the molecule is O=C(O)C(=O)Nc1sc2c(c1C(=O)O)CC(CN1C(=O)COc3ccccc3C1=O)OC2. The van der Waals surface area contributed by atoms with Gasteiger partial charge in [-0.3, -0.25) is 19.3 Å². The number of nitrogens with zero attached hydrogens (tertiary/aromatic N) is 1. The summed E-state index contributed by atoms with van der Waals surface area (Å²) in [4.78, 5) is 61.1. The van der Waals surface area contributed by atoms with Gasteiger partial charge >= 0.3 is 17.8 Å². The molecule has 4 rings (SSSR count). The molecule has 0 radical (unpaired) electrons. The first kappa shape index (κ1) is 21.5. The van der Waals surface area contributed by atoms with Gasteiger partial charge in [-0.25, -0.2) is 9.59 Å². The number of para-hydroxylation sites is 1. The molecule has 3 N–H and O–H groups in total. The predicted octanol–water partition coefficient (Wildman–Crippen LogP) is 0.972. The van der Waals surface area contributed by atoms with E-state index in [4.69, 9.17) is 14.6 Å². The van der Waals surface area contributed by atoms with Crippen LogP contribution in [0.3, 0.4) is 0 Å². The summed E-state index contributed by atoms with van der Waals surface area (Å²) in [6.45, 7) is -0.470. The van der Waals surface area contributed by atoms with Crippen molar-refractivity contribution in [3.05, 3.63) is 45.8 Å². The van der Waals surface area contributed by atoms with Crippen molar-refractivity contribution in [2.24, 2.45) is 0 Å². The van der Waals surface area contributed by atoms with Gasteiger partial charge in [-0.1, -0.05) is 12.1 Å². The Bertz CT molecular complexity index is 1160. The van der Waals surface area contributed by atoms with Gasteiger partial charge in [-0.05, 0) is 17.7 Å². The van der Waals surface area contributed by atoms with E-state index in [9.17, 15) is 29.1 Å². The molecule has 1 aromatic heterocycles. The second-order valence-corrected chi connectivity index (χ2v) is 8.11. The third kappa shape index (κ3) is 3.92. The van der Waals surface area contributed by atoms with Crippen LogP contribution in [0.25, 0.3) is 0 Å². The maximum Gasteiger partial charge on any atom is 0.394 e. The van der Waals surface area contributed by atoms with Crippen molar-refractivity contribution in [1.82, 2.24) is 4.90 Å². The molecule has 2 aromatic rings. The molecular weight excluding hydrogens is 444 g/mol. The number of anilines is 1. The van der Waals surface area contributed by atoms with Gasteiger partial charge in [-0.15, -0.1) is 11.3 Å². The van der Waals surface area contributed by atoms with Crippen LogP contribution in [0.5, 0.6) is 5.75 Å². The zero-order valence-electron chi connectivity index (χ0n) is 16.3. The van der Waals surface area contributed by atoms with Gasteiger partial charge in [0.2, 0.25) is 0 Å². The number of hydrogen-bond acceptors (Lipinski definition) is 8. The fourth-order valence-electron chi connectivity index (χ4n) is 3.55. The smallest absolute Gasteiger partial charge is 0.394 e. The molecule has 1 atom stereocenters. The minimum absolute atomic E-state index is 0.0167. The first-order valence-corrected chi connectivity index (χ1v) is 10.2. The molecule has 0 saturated carbocycles. The van der Waals surface area contributed by atoms with E-state index in [0.29, 0.717) is 16.2 Å². The lowest BCUT2D eigenvalue weighted by atomic mass is 10.00. The van der Waals surface area contributed by atoms with Gasteiger partial charge in [0.1, 0.15) is 10.8 Å². The van der Waals surface area contributed by atoms with Crippen molar-refractivity contribution in [3.8, 4) is 5.75 Å². The number of carbonyl (C=O) groups excluding carboxylic acids is 3. The Kier molecular flexibility index (Phi) is 5.63. The molecule has 166 valence electrons. The molecule has 0 bridgehead atoms. The van der Waals surface area contributed by atoms with Crippen LogP contribution in [0, 0.1) is 0 Å². The number of amides is 3. The van der Waals surface area contributed by atoms with Gasteiger partial charge in [-0.2, -0.15) is 0 Å². The Hall–Kier alpha value is -3.77. The van der Waals surface area contributed by atoms with Crippen molar-refractivity contribution < 1.29 is 43.7 Å². The van der Waals surface area contributed by atoms with Crippen LogP contribution in [-0.2, 0) is 32.1 Å². The maximum atomic E-state index is 12.9. The van der Waals surface area contributed by atoms with Crippen molar-refractivity contribution in [2.45, 2.75) is 19.1 Å². The Morgan fingerprint density at radius 3 is 2.62 bits per heavy atom. The molecular formula is C20H16N2O9S. The standard InChI is InChI=1S/C20H16N2O9S/c23-14-8-31-12-4-2-1-3-10(12)18(25)22(14)6-9-5-11-13(7-30-9)32-17(15(11)19(26)27)21-16(24)20(28)29/h1-4,9H,5-8H2,(H,21,24)(H,26,27)(H,28,29). The van der Waals surface area contributed by atoms with Crippen LogP contribution < -0.4 is 10.1 Å². The number of carboxylic acid groups (broad SMARTS) is 2. The molecule has 0 aliphatic carbocycles. The average Bonchev–Trinajstić information content (AvgIpc) is 3.07. The van der Waals surface area contributed by atoms with Gasteiger partial charge in [0.05, 0.1) is 30.4 Å². The second kappa shape index (κ2) is 8.40. The molecule has 11 nitrogen and oxygen atoms in total. The van der Waals surface area contributed by atoms with Gasteiger partial charge in [0, 0.05) is 11.3 Å². The van der Waals surface area contributed by atoms with E-state index in [2.05, 4.69) is 5.32 Å². The molecule has 2 aliphatic heterocycles. The van der Waals surface area contributed by atoms with Crippen molar-refractivity contribution in [3.63, 3.8) is 0 Å². The lowest BCUT2D eigenvalue weighted by Crippen LogP contribution is -2.44. The molecule has 3 amide bonds. The highest BCUT2D eigenvalue weighted by Gasteiger charge is 2.35. The van der Waals surface area contributed by atoms with Gasteiger partial charge in [0.25, 0.3) is 11.8 Å². The minimum Gasteiger partial charge on any atom is -0.483 e. The molecule has 2 aliphatic rings. The van der Waals surface area contributed by atoms with E-state index in [1.165, 1.54) is 0 Å². The number of benzene rings is 1. The summed E-state index contributed by atoms with van der Waals surface area (Å²) in [5.74, 6) is -5.25. The Labute approximate surface area is 184 Å². The summed E-state index contributed by atoms with van der Waals surface area (Å²) >= 11 is 0.911. The normalized spacial score (nSPS) is 17.6. The number of imide groups is 1. The largest absolute Gasteiger partial charge is 0.483 e. The zero-order valence-corrected chi connectivity index (χ0v) is 17.1. The number of fused-ring (bicyclic) bond motifs is 2. The summed E-state index contributed by atoms with van der Waals surface area (Å²) in [5, 5.41) is 20.4. The summed E-state index contributed by atoms with van der Waals surface area (Å²) < 4.78 is 11.1. The Morgan fingerprint density at radius 2 is 1.91 bits per heavy atom. The van der Waals surface area contributed by atoms with Crippen LogP contribution >= 0.6 is 11.3 Å².